The Morgan fingerprint density at radius 1 is 0.278 bits per heavy atom. The van der Waals surface area contributed by atoms with E-state index in [9.17, 15) is 0 Å². The van der Waals surface area contributed by atoms with E-state index >= 15 is 0 Å². The van der Waals surface area contributed by atoms with E-state index in [1.807, 2.05) is 24.5 Å². The predicted molar refractivity (Wildman–Crippen MR) is 230 cm³/mol. The Kier molecular flexibility index (Phi) is 6.09. The van der Waals surface area contributed by atoms with Gasteiger partial charge in [-0.3, -0.25) is 9.97 Å². The molecule has 54 heavy (non-hydrogen) atoms. The van der Waals surface area contributed by atoms with Crippen molar-refractivity contribution in [1.29, 1.82) is 0 Å². The second-order valence-corrected chi connectivity index (χ2v) is 14.4. The quantitative estimate of drug-likeness (QED) is 0.134. The summed E-state index contributed by atoms with van der Waals surface area (Å²) in [6, 6.07) is 62.8. The van der Waals surface area contributed by atoms with Gasteiger partial charge < -0.3 is 0 Å². The molecule has 0 N–H and O–H groups in total. The topological polar surface area (TPSA) is 25.8 Å². The fourth-order valence-electron chi connectivity index (χ4n) is 9.44. The second-order valence-electron chi connectivity index (χ2n) is 14.4. The zero-order chi connectivity index (χ0) is 35.3. The summed E-state index contributed by atoms with van der Waals surface area (Å²) in [6.07, 6.45) is 3.73. The summed E-state index contributed by atoms with van der Waals surface area (Å²) in [5, 5.41) is 19.8. The third-order valence-corrected chi connectivity index (χ3v) is 11.6. The van der Waals surface area contributed by atoms with Crippen LogP contribution in [0, 0.1) is 0 Å². The molecule has 2 heteroatoms. The lowest BCUT2D eigenvalue weighted by atomic mass is 9.83. The van der Waals surface area contributed by atoms with Gasteiger partial charge in [-0.15, -0.1) is 0 Å². The number of aromatic nitrogens is 2. The van der Waals surface area contributed by atoms with Crippen LogP contribution in [-0.2, 0) is 0 Å². The van der Waals surface area contributed by atoms with E-state index in [2.05, 4.69) is 158 Å². The van der Waals surface area contributed by atoms with Gasteiger partial charge in [0.05, 0.1) is 11.0 Å². The summed E-state index contributed by atoms with van der Waals surface area (Å²) in [4.78, 5) is 9.64. The Labute approximate surface area is 310 Å². The molecule has 2 aromatic heterocycles. The number of hydrogen-bond donors (Lipinski definition) is 0. The second kappa shape index (κ2) is 11.2. The lowest BCUT2D eigenvalue weighted by Crippen LogP contribution is -1.94. The van der Waals surface area contributed by atoms with Gasteiger partial charge in [-0.25, -0.2) is 0 Å². The molecule has 0 saturated carbocycles. The van der Waals surface area contributed by atoms with Crippen molar-refractivity contribution in [3.8, 4) is 22.3 Å². The van der Waals surface area contributed by atoms with E-state index in [4.69, 9.17) is 9.97 Å². The van der Waals surface area contributed by atoms with Crippen molar-refractivity contribution in [3.05, 3.63) is 182 Å². The first-order valence-electron chi connectivity index (χ1n) is 18.6. The molecule has 0 spiro atoms. The molecule has 2 nitrogen and oxygen atoms in total. The minimum absolute atomic E-state index is 0.926. The monoisotopic (exact) mass is 682 g/mol. The number of pyridine rings is 2. The maximum absolute atomic E-state index is 4.88. The largest absolute Gasteiger partial charge is 0.254 e. The molecular weight excluding hydrogens is 653 g/mol. The average molecular weight is 683 g/mol. The van der Waals surface area contributed by atoms with Crippen molar-refractivity contribution < 1.29 is 0 Å². The van der Waals surface area contributed by atoms with Gasteiger partial charge in [-0.1, -0.05) is 140 Å². The zero-order valence-corrected chi connectivity index (χ0v) is 29.2. The fourth-order valence-corrected chi connectivity index (χ4v) is 9.44. The first-order chi connectivity index (χ1) is 26.8. The van der Waals surface area contributed by atoms with E-state index in [0.717, 1.165) is 21.8 Å². The van der Waals surface area contributed by atoms with Crippen LogP contribution in [0.4, 0.5) is 0 Å². The van der Waals surface area contributed by atoms with E-state index in [-0.39, 0.29) is 0 Å². The summed E-state index contributed by atoms with van der Waals surface area (Å²) in [6.45, 7) is 0. The highest BCUT2D eigenvalue weighted by atomic mass is 14.7. The Hall–Kier alpha value is -7.16. The molecule has 0 amide bonds. The molecule has 0 unspecified atom stereocenters. The first kappa shape index (κ1) is 29.4. The Morgan fingerprint density at radius 3 is 1.44 bits per heavy atom. The summed E-state index contributed by atoms with van der Waals surface area (Å²) in [5.74, 6) is 0. The molecule has 248 valence electrons. The molecule has 0 saturated heterocycles. The van der Waals surface area contributed by atoms with Gasteiger partial charge in [0.2, 0.25) is 0 Å². The molecule has 12 rings (SSSR count). The molecule has 0 aliphatic carbocycles. The number of hydrogen-bond acceptors (Lipinski definition) is 2. The SMILES string of the molecule is c1cnc2c(c1)cc(-c1c3ccccc3c(-c3cc4ccc5cccc6c7ccccc7c7ccccc7c(c3)c4c56)c3ccccc13)c1cccnc12. The molecule has 0 aliphatic rings. The van der Waals surface area contributed by atoms with E-state index < -0.39 is 0 Å². The van der Waals surface area contributed by atoms with Gasteiger partial charge in [0.15, 0.2) is 0 Å². The van der Waals surface area contributed by atoms with Gasteiger partial charge in [-0.05, 0) is 128 Å². The molecule has 10 aromatic carbocycles. The predicted octanol–water partition coefficient (Wildman–Crippen LogP) is 14.2. The molecule has 0 fully saturated rings. The average Bonchev–Trinajstić information content (AvgIpc) is 3.24. The van der Waals surface area contributed by atoms with Crippen molar-refractivity contribution in [2.75, 3.05) is 0 Å². The maximum atomic E-state index is 4.88. The van der Waals surface area contributed by atoms with Crippen LogP contribution in [0.1, 0.15) is 0 Å². The molecule has 12 aromatic rings. The van der Waals surface area contributed by atoms with Gasteiger partial charge in [-0.2, -0.15) is 0 Å². The van der Waals surface area contributed by atoms with Gasteiger partial charge in [0.1, 0.15) is 0 Å². The van der Waals surface area contributed by atoms with Crippen molar-refractivity contribution in [3.63, 3.8) is 0 Å². The zero-order valence-electron chi connectivity index (χ0n) is 29.2. The molecule has 0 bridgehead atoms. The van der Waals surface area contributed by atoms with E-state index in [1.54, 1.807) is 0 Å². The Morgan fingerprint density at radius 2 is 0.759 bits per heavy atom. The summed E-state index contributed by atoms with van der Waals surface area (Å²) >= 11 is 0. The van der Waals surface area contributed by atoms with Crippen molar-refractivity contribution in [2.24, 2.45) is 0 Å². The number of rotatable bonds is 2. The molecule has 0 atom stereocenters. The smallest absolute Gasteiger partial charge is 0.0970 e. The minimum atomic E-state index is 0.926. The third kappa shape index (κ3) is 4.05. The molecule has 0 radical (unpaired) electrons. The first-order valence-corrected chi connectivity index (χ1v) is 18.6. The van der Waals surface area contributed by atoms with Crippen LogP contribution in [0.25, 0.3) is 119 Å². The van der Waals surface area contributed by atoms with Crippen LogP contribution in [0.3, 0.4) is 0 Å². The van der Waals surface area contributed by atoms with Crippen LogP contribution in [0.5, 0.6) is 0 Å². The molecular formula is C52H30N2. The highest BCUT2D eigenvalue weighted by molar-refractivity contribution is 6.34. The fraction of sp³-hybridized carbons (Fsp3) is 0. The van der Waals surface area contributed by atoms with Gasteiger partial charge in [0, 0.05) is 23.2 Å². The van der Waals surface area contributed by atoms with Crippen LogP contribution >= 0.6 is 0 Å². The van der Waals surface area contributed by atoms with E-state index in [1.165, 1.54) is 97.7 Å². The van der Waals surface area contributed by atoms with Crippen LogP contribution < -0.4 is 0 Å². The number of benzene rings is 9. The van der Waals surface area contributed by atoms with Crippen LogP contribution in [0.15, 0.2) is 182 Å². The molecule has 2 heterocycles. The number of fused-ring (bicyclic) bond motifs is 10. The Bertz CT molecular complexity index is 3510. The van der Waals surface area contributed by atoms with Crippen LogP contribution in [-0.4, -0.2) is 9.97 Å². The van der Waals surface area contributed by atoms with Crippen LogP contribution in [0.2, 0.25) is 0 Å². The van der Waals surface area contributed by atoms with E-state index in [0.29, 0.717) is 0 Å². The highest BCUT2D eigenvalue weighted by Crippen LogP contribution is 2.48. The maximum Gasteiger partial charge on any atom is 0.0970 e. The summed E-state index contributed by atoms with van der Waals surface area (Å²) in [5.41, 5.74) is 6.72. The highest BCUT2D eigenvalue weighted by Gasteiger charge is 2.21. The lowest BCUT2D eigenvalue weighted by Gasteiger charge is -2.20. The Balaban J connectivity index is 1.27. The van der Waals surface area contributed by atoms with Crippen molar-refractivity contribution in [1.82, 2.24) is 9.97 Å². The molecule has 0 aliphatic heterocycles. The van der Waals surface area contributed by atoms with Crippen molar-refractivity contribution in [2.45, 2.75) is 0 Å². The van der Waals surface area contributed by atoms with Gasteiger partial charge in [0.25, 0.3) is 0 Å². The lowest BCUT2D eigenvalue weighted by molar-refractivity contribution is 1.37. The third-order valence-electron chi connectivity index (χ3n) is 11.6. The summed E-state index contributed by atoms with van der Waals surface area (Å²) < 4.78 is 0. The normalized spacial score (nSPS) is 12.1. The minimum Gasteiger partial charge on any atom is -0.254 e. The standard InChI is InChI=1S/C52H30N2/c1-3-16-37-35(14-1)36-15-2-4-17-38(36)45-30-34(28-32-25-24-31-12-9-22-39(37)48(31)49(32)45)47-40-18-5-7-20-42(40)50(43-21-8-6-19-41(43)47)46-29-33-13-10-26-53-51(33)52-44(46)23-11-27-54-52/h1-30H. The number of nitrogens with zero attached hydrogens (tertiary/aromatic N) is 2. The van der Waals surface area contributed by atoms with Crippen molar-refractivity contribution >= 4 is 97.2 Å². The summed E-state index contributed by atoms with van der Waals surface area (Å²) in [7, 11) is 0. The van der Waals surface area contributed by atoms with Gasteiger partial charge >= 0.3 is 0 Å².